The summed E-state index contributed by atoms with van der Waals surface area (Å²) >= 11 is 7.20. The zero-order valence-electron chi connectivity index (χ0n) is 41.4. The highest BCUT2D eigenvalue weighted by Gasteiger charge is 2.46. The van der Waals surface area contributed by atoms with E-state index in [-0.39, 0.29) is 41.4 Å². The number of aromatic nitrogens is 3. The minimum absolute atomic E-state index is 0.0109. The number of piperidine rings is 1. The molecule has 0 bridgehead atoms. The summed E-state index contributed by atoms with van der Waals surface area (Å²) in [6.07, 6.45) is -0.0335. The molecule has 5 amide bonds. The van der Waals surface area contributed by atoms with Crippen LogP contribution < -0.4 is 14.8 Å². The van der Waals surface area contributed by atoms with Crippen LogP contribution in [0, 0.1) is 19.7 Å². The Morgan fingerprint density at radius 2 is 1.61 bits per heavy atom. The summed E-state index contributed by atoms with van der Waals surface area (Å²) in [6, 6.07) is 17.4. The van der Waals surface area contributed by atoms with Crippen LogP contribution in [0.2, 0.25) is 5.02 Å². The summed E-state index contributed by atoms with van der Waals surface area (Å²) in [7, 11) is 1.88. The van der Waals surface area contributed by atoms with E-state index in [1.165, 1.54) is 24.3 Å². The van der Waals surface area contributed by atoms with Gasteiger partial charge < -0.3 is 23.7 Å². The van der Waals surface area contributed by atoms with Crippen molar-refractivity contribution in [3.05, 3.63) is 111 Å². The highest BCUT2D eigenvalue weighted by atomic mass is 35.5. The van der Waals surface area contributed by atoms with E-state index >= 15 is 0 Å². The smallest absolute Gasteiger partial charge is 0.355 e. The molecule has 3 aliphatic rings. The van der Waals surface area contributed by atoms with Crippen LogP contribution in [0.3, 0.4) is 0 Å². The lowest BCUT2D eigenvalue weighted by Gasteiger charge is -2.36. The van der Waals surface area contributed by atoms with Crippen molar-refractivity contribution in [3.63, 3.8) is 0 Å². The number of aryl methyl sites for hydroxylation is 3. The summed E-state index contributed by atoms with van der Waals surface area (Å²) in [4.78, 5) is 85.0. The topological polar surface area (TPSA) is 175 Å². The first kappa shape index (κ1) is 49.9. The largest absolute Gasteiger partial charge is 0.493 e. The number of carbonyl (C=O) groups excluding carboxylic acids is 6. The average Bonchev–Trinajstić information content (AvgIpc) is 3.89. The van der Waals surface area contributed by atoms with E-state index in [0.29, 0.717) is 75.2 Å². The fraction of sp³-hybridized carbons (Fsp3) is 0.389. The van der Waals surface area contributed by atoms with Gasteiger partial charge in [-0.05, 0) is 114 Å². The second-order valence-electron chi connectivity index (χ2n) is 19.6. The van der Waals surface area contributed by atoms with Crippen molar-refractivity contribution in [3.8, 4) is 22.6 Å². The summed E-state index contributed by atoms with van der Waals surface area (Å²) < 4.78 is 36.5. The Bertz CT molecular complexity index is 3200. The molecule has 18 heteroatoms. The van der Waals surface area contributed by atoms with Gasteiger partial charge in [-0.2, -0.15) is 5.10 Å². The van der Waals surface area contributed by atoms with Crippen molar-refractivity contribution in [1.82, 2.24) is 34.4 Å². The Morgan fingerprint density at radius 3 is 2.32 bits per heavy atom. The number of piperazine rings is 1. The van der Waals surface area contributed by atoms with Gasteiger partial charge in [-0.25, -0.2) is 9.18 Å². The van der Waals surface area contributed by atoms with E-state index in [2.05, 4.69) is 10.2 Å². The van der Waals surface area contributed by atoms with Crippen molar-refractivity contribution in [1.29, 1.82) is 0 Å². The van der Waals surface area contributed by atoms with Gasteiger partial charge in [0.2, 0.25) is 11.8 Å². The average molecular weight is 1000 g/mol. The first-order valence-corrected chi connectivity index (χ1v) is 24.6. The lowest BCUT2D eigenvalue weighted by molar-refractivity contribution is -0.140. The number of benzene rings is 4. The van der Waals surface area contributed by atoms with Gasteiger partial charge in [0.25, 0.3) is 17.7 Å². The molecule has 0 saturated carbocycles. The molecule has 2 aromatic heterocycles. The third-order valence-corrected chi connectivity index (χ3v) is 14.0. The van der Waals surface area contributed by atoms with Crippen LogP contribution in [0.1, 0.15) is 95.1 Å². The second kappa shape index (κ2) is 19.8. The van der Waals surface area contributed by atoms with Gasteiger partial charge in [0, 0.05) is 80.3 Å². The van der Waals surface area contributed by atoms with Crippen LogP contribution in [-0.4, -0.2) is 122 Å². The van der Waals surface area contributed by atoms with Gasteiger partial charge in [-0.15, -0.1) is 0 Å². The van der Waals surface area contributed by atoms with Crippen LogP contribution in [0.4, 0.5) is 4.39 Å². The molecule has 5 heterocycles. The third-order valence-electron chi connectivity index (χ3n) is 13.7. The van der Waals surface area contributed by atoms with Crippen LogP contribution in [0.25, 0.3) is 32.8 Å². The molecule has 3 aliphatic heterocycles. The molecule has 2 saturated heterocycles. The van der Waals surface area contributed by atoms with Crippen LogP contribution in [0.15, 0.2) is 66.7 Å². The number of imide groups is 2. The first-order valence-electron chi connectivity index (χ1n) is 24.2. The number of fused-ring (bicyclic) bond motifs is 3. The second-order valence-corrected chi connectivity index (χ2v) is 20.0. The fourth-order valence-electron chi connectivity index (χ4n) is 10.2. The molecule has 0 radical (unpaired) electrons. The molecule has 9 rings (SSSR count). The predicted molar refractivity (Wildman–Crippen MR) is 268 cm³/mol. The monoisotopic (exact) mass is 1000 g/mol. The number of rotatable bonds is 14. The van der Waals surface area contributed by atoms with E-state index in [0.717, 1.165) is 54.7 Å². The number of hydrogen-bond donors (Lipinski definition) is 1. The molecule has 376 valence electrons. The van der Waals surface area contributed by atoms with E-state index in [9.17, 15) is 33.2 Å². The van der Waals surface area contributed by atoms with Crippen LogP contribution in [-0.2, 0) is 39.1 Å². The minimum Gasteiger partial charge on any atom is -0.493 e. The van der Waals surface area contributed by atoms with E-state index in [1.54, 1.807) is 24.0 Å². The van der Waals surface area contributed by atoms with Gasteiger partial charge in [0.1, 0.15) is 34.7 Å². The standard InChI is InChI=1S/C54H57ClFN7O9/c1-30-44(31(2)59(7)58-30)46-39(55)19-18-37-36(13-10-28-70-41-14-8-11-33-29-34(56)16-17-35(33)41)48(53(69)72-54(4,5)6)62(47(37)46)27-24-60-22-25-61(26-23-60)50(66)32(3)71-42-15-9-12-38-45(42)52(68)63(51(38)67)40-20-21-43(64)57-49(40)65/h8-9,11-12,14-19,29,32,40H,10,13,20-28H2,1-7H3,(H,57,64,65). The van der Waals surface area contributed by atoms with Gasteiger partial charge >= 0.3 is 5.97 Å². The Balaban J connectivity index is 0.951. The number of esters is 1. The number of nitrogens with zero attached hydrogens (tertiary/aromatic N) is 6. The Kier molecular flexibility index (Phi) is 13.7. The zero-order valence-corrected chi connectivity index (χ0v) is 42.2. The maximum atomic E-state index is 14.7. The molecule has 6 aromatic rings. The highest BCUT2D eigenvalue weighted by Crippen LogP contribution is 2.43. The SMILES string of the molecule is Cc1nn(C)c(C)c1-c1c(Cl)ccc2c(CCCOc3cccc4cc(F)ccc34)c(C(=O)OC(C)(C)C)n(CCN3CCN(C(=O)C(C)Oc4cccc5c4C(=O)N(C4CCC(=O)NC4=O)C5=O)CC3)c12. The molecular formula is C54H57ClFN7O9. The minimum atomic E-state index is -1.14. The number of nitrogens with one attached hydrogen (secondary N) is 1. The van der Waals surface area contributed by atoms with Crippen molar-refractivity contribution < 1.29 is 47.4 Å². The Hall–Kier alpha value is -7.11. The molecule has 0 aliphatic carbocycles. The van der Waals surface area contributed by atoms with Crippen LogP contribution >= 0.6 is 11.6 Å². The summed E-state index contributed by atoms with van der Waals surface area (Å²) in [6.45, 7) is 14.0. The summed E-state index contributed by atoms with van der Waals surface area (Å²) in [5.74, 6) is -3.01. The molecule has 2 unspecified atom stereocenters. The van der Waals surface area contributed by atoms with Crippen molar-refractivity contribution >= 4 is 68.8 Å². The van der Waals surface area contributed by atoms with Gasteiger partial charge in [-0.3, -0.25) is 43.8 Å². The first-order chi connectivity index (χ1) is 34.3. The van der Waals surface area contributed by atoms with E-state index < -0.39 is 47.3 Å². The third kappa shape index (κ3) is 9.54. The predicted octanol–water partition coefficient (Wildman–Crippen LogP) is 7.58. The summed E-state index contributed by atoms with van der Waals surface area (Å²) in [5, 5.41) is 9.82. The maximum absolute atomic E-state index is 14.7. The Labute approximate surface area is 420 Å². The molecule has 16 nitrogen and oxygen atoms in total. The van der Waals surface area contributed by atoms with Crippen molar-refractivity contribution in [2.45, 2.75) is 91.5 Å². The van der Waals surface area contributed by atoms with Gasteiger partial charge in [-0.1, -0.05) is 35.9 Å². The zero-order chi connectivity index (χ0) is 51.3. The van der Waals surface area contributed by atoms with Crippen LogP contribution in [0.5, 0.6) is 11.5 Å². The molecule has 2 atom stereocenters. The maximum Gasteiger partial charge on any atom is 0.355 e. The van der Waals surface area contributed by atoms with E-state index in [4.69, 9.17) is 30.9 Å². The number of amides is 5. The number of halogens is 2. The number of carbonyl (C=O) groups is 6. The highest BCUT2D eigenvalue weighted by molar-refractivity contribution is 6.35. The molecule has 72 heavy (non-hydrogen) atoms. The van der Waals surface area contributed by atoms with Gasteiger partial charge in [0.15, 0.2) is 6.10 Å². The molecule has 2 fully saturated rings. The quantitative estimate of drug-likeness (QED) is 0.0647. The fourth-order valence-corrected chi connectivity index (χ4v) is 10.4. The Morgan fingerprint density at radius 1 is 0.889 bits per heavy atom. The van der Waals surface area contributed by atoms with Crippen molar-refractivity contribution in [2.24, 2.45) is 7.05 Å². The number of hydrogen-bond acceptors (Lipinski definition) is 11. The molecule has 4 aromatic carbocycles. The molecule has 0 spiro atoms. The normalized spacial score (nSPS) is 16.9. The lowest BCUT2D eigenvalue weighted by atomic mass is 9.98. The van der Waals surface area contributed by atoms with Crippen molar-refractivity contribution in [2.75, 3.05) is 39.3 Å². The lowest BCUT2D eigenvalue weighted by Crippen LogP contribution is -2.54. The molecule has 1 N–H and O–H groups in total. The van der Waals surface area contributed by atoms with Gasteiger partial charge in [0.05, 0.1) is 34.0 Å². The van der Waals surface area contributed by atoms with E-state index in [1.807, 2.05) is 81.2 Å². The number of ether oxygens (including phenoxy) is 3. The molecular weight excluding hydrogens is 945 g/mol. The summed E-state index contributed by atoms with van der Waals surface area (Å²) in [5.41, 5.74) is 4.52.